The van der Waals surface area contributed by atoms with Crippen molar-refractivity contribution in [1.29, 1.82) is 0 Å². The molecule has 0 atom stereocenters. The number of methoxy groups -OCH3 is 1. The second kappa shape index (κ2) is 6.18. The van der Waals surface area contributed by atoms with Crippen LogP contribution in [0.4, 0.5) is 0 Å². The van der Waals surface area contributed by atoms with Gasteiger partial charge in [0, 0.05) is 0 Å². The quantitative estimate of drug-likeness (QED) is 0.711. The molecule has 0 unspecified atom stereocenters. The lowest BCUT2D eigenvalue weighted by molar-refractivity contribution is -0.161. The molecule has 0 bridgehead atoms. The second-order valence-corrected chi connectivity index (χ2v) is 5.66. The van der Waals surface area contributed by atoms with Crippen molar-refractivity contribution in [1.82, 2.24) is 4.90 Å². The van der Waals surface area contributed by atoms with Crippen molar-refractivity contribution in [2.45, 2.75) is 39.2 Å². The first-order valence-corrected chi connectivity index (χ1v) is 6.34. The Morgan fingerprint density at radius 1 is 1.22 bits per heavy atom. The Hall–Kier alpha value is -1.10. The zero-order valence-corrected chi connectivity index (χ0v) is 11.7. The molecule has 104 valence electrons. The van der Waals surface area contributed by atoms with E-state index in [1.807, 2.05) is 25.7 Å². The van der Waals surface area contributed by atoms with E-state index >= 15 is 0 Å². The molecule has 0 N–H and O–H groups in total. The van der Waals surface area contributed by atoms with E-state index in [1.165, 1.54) is 7.11 Å². The number of carbonyl (C=O) groups excluding carboxylic acids is 2. The minimum atomic E-state index is -0.430. The summed E-state index contributed by atoms with van der Waals surface area (Å²) in [4.78, 5) is 25.0. The van der Waals surface area contributed by atoms with Gasteiger partial charge in [0.25, 0.3) is 0 Å². The molecule has 0 amide bonds. The average Bonchev–Trinajstić information content (AvgIpc) is 2.27. The van der Waals surface area contributed by atoms with Crippen LogP contribution < -0.4 is 0 Å². The molecular weight excluding hydrogens is 234 g/mol. The molecule has 1 saturated heterocycles. The number of nitrogens with zero attached hydrogens (tertiary/aromatic N) is 1. The molecule has 1 aliphatic rings. The van der Waals surface area contributed by atoms with Crippen LogP contribution >= 0.6 is 0 Å². The summed E-state index contributed by atoms with van der Waals surface area (Å²) in [5.41, 5.74) is -0.430. The summed E-state index contributed by atoms with van der Waals surface area (Å²) in [6.45, 7) is 7.39. The molecule has 0 aromatic carbocycles. The number of piperidine rings is 1. The van der Waals surface area contributed by atoms with E-state index in [4.69, 9.17) is 4.74 Å². The summed E-state index contributed by atoms with van der Waals surface area (Å²) in [5.74, 6) is -0.399. The first-order valence-electron chi connectivity index (χ1n) is 6.34. The maximum atomic E-state index is 11.9. The topological polar surface area (TPSA) is 55.8 Å². The summed E-state index contributed by atoms with van der Waals surface area (Å²) in [7, 11) is 1.38. The highest BCUT2D eigenvalue weighted by molar-refractivity contribution is 5.73. The lowest BCUT2D eigenvalue weighted by atomic mass is 9.96. The van der Waals surface area contributed by atoms with Gasteiger partial charge >= 0.3 is 11.9 Å². The van der Waals surface area contributed by atoms with Crippen molar-refractivity contribution in [3.63, 3.8) is 0 Å². The lowest BCUT2D eigenvalue weighted by Crippen LogP contribution is -2.41. The monoisotopic (exact) mass is 257 g/mol. The van der Waals surface area contributed by atoms with Gasteiger partial charge < -0.3 is 9.47 Å². The number of carbonyl (C=O) groups is 2. The molecule has 1 fully saturated rings. The van der Waals surface area contributed by atoms with Crippen molar-refractivity contribution in [2.75, 3.05) is 26.7 Å². The fourth-order valence-electron chi connectivity index (χ4n) is 1.96. The van der Waals surface area contributed by atoms with Gasteiger partial charge in [-0.1, -0.05) is 0 Å². The molecular formula is C13H23NO4. The highest BCUT2D eigenvalue weighted by Crippen LogP contribution is 2.21. The molecule has 18 heavy (non-hydrogen) atoms. The largest absolute Gasteiger partial charge is 0.468 e. The highest BCUT2D eigenvalue weighted by atomic mass is 16.6. The van der Waals surface area contributed by atoms with Gasteiger partial charge in [0.2, 0.25) is 0 Å². The molecule has 0 aromatic rings. The minimum absolute atomic E-state index is 0.0434. The number of esters is 2. The predicted octanol–water partition coefficient (Wildman–Crippen LogP) is 1.21. The molecule has 0 saturated carbocycles. The number of rotatable bonds is 3. The molecule has 1 rings (SSSR count). The second-order valence-electron chi connectivity index (χ2n) is 5.66. The van der Waals surface area contributed by atoms with Crippen LogP contribution in [0.25, 0.3) is 0 Å². The smallest absolute Gasteiger partial charge is 0.319 e. The molecule has 5 heteroatoms. The van der Waals surface area contributed by atoms with Crippen LogP contribution in [0.1, 0.15) is 33.6 Å². The SMILES string of the molecule is COC(=O)CN1CCC(C(=O)OC(C)(C)C)CC1. The Bertz CT molecular complexity index is 301. The molecule has 0 radical (unpaired) electrons. The van der Waals surface area contributed by atoms with Crippen molar-refractivity contribution in [2.24, 2.45) is 5.92 Å². The van der Waals surface area contributed by atoms with E-state index in [9.17, 15) is 9.59 Å². The van der Waals surface area contributed by atoms with Crippen LogP contribution in [0.15, 0.2) is 0 Å². The first-order chi connectivity index (χ1) is 8.31. The van der Waals surface area contributed by atoms with Crippen molar-refractivity contribution < 1.29 is 19.1 Å². The number of likely N-dealkylation sites (tertiary alicyclic amines) is 1. The van der Waals surface area contributed by atoms with E-state index < -0.39 is 5.60 Å². The third-order valence-electron chi connectivity index (χ3n) is 2.91. The zero-order valence-electron chi connectivity index (χ0n) is 11.7. The normalized spacial score (nSPS) is 18.4. The average molecular weight is 257 g/mol. The Labute approximate surface area is 108 Å². The van der Waals surface area contributed by atoms with Crippen molar-refractivity contribution >= 4 is 11.9 Å². The van der Waals surface area contributed by atoms with Gasteiger partial charge in [-0.3, -0.25) is 14.5 Å². The van der Waals surface area contributed by atoms with Gasteiger partial charge in [-0.25, -0.2) is 0 Å². The van der Waals surface area contributed by atoms with Gasteiger partial charge in [-0.2, -0.15) is 0 Å². The summed E-state index contributed by atoms with van der Waals surface area (Å²) in [6.07, 6.45) is 1.48. The maximum absolute atomic E-state index is 11.9. The molecule has 0 spiro atoms. The Morgan fingerprint density at radius 2 is 1.78 bits per heavy atom. The van der Waals surface area contributed by atoms with Crippen molar-refractivity contribution in [3.05, 3.63) is 0 Å². The van der Waals surface area contributed by atoms with Crippen molar-refractivity contribution in [3.8, 4) is 0 Å². The molecule has 0 aromatic heterocycles. The summed E-state index contributed by atoms with van der Waals surface area (Å²) in [6, 6.07) is 0. The minimum Gasteiger partial charge on any atom is -0.468 e. The van der Waals surface area contributed by atoms with Crippen LogP contribution in [0, 0.1) is 5.92 Å². The fraction of sp³-hybridized carbons (Fsp3) is 0.846. The Balaban J connectivity index is 2.35. The van der Waals surface area contributed by atoms with E-state index in [1.54, 1.807) is 0 Å². The van der Waals surface area contributed by atoms with Crippen LogP contribution in [-0.2, 0) is 19.1 Å². The number of ether oxygens (including phenoxy) is 2. The van der Waals surface area contributed by atoms with Crippen LogP contribution in [-0.4, -0.2) is 49.2 Å². The summed E-state index contributed by atoms with van der Waals surface area (Å²) >= 11 is 0. The van der Waals surface area contributed by atoms with Gasteiger partial charge in [-0.05, 0) is 46.7 Å². The van der Waals surface area contributed by atoms with Gasteiger partial charge in [0.05, 0.1) is 19.6 Å². The molecule has 0 aliphatic carbocycles. The number of hydrogen-bond acceptors (Lipinski definition) is 5. The van der Waals surface area contributed by atoms with Crippen LogP contribution in [0.2, 0.25) is 0 Å². The van der Waals surface area contributed by atoms with Crippen LogP contribution in [0.5, 0.6) is 0 Å². The standard InChI is InChI=1S/C13H23NO4/c1-13(2,3)18-12(16)10-5-7-14(8-6-10)9-11(15)17-4/h10H,5-9H2,1-4H3. The lowest BCUT2D eigenvalue weighted by Gasteiger charge is -2.31. The highest BCUT2D eigenvalue weighted by Gasteiger charge is 2.29. The molecule has 1 aliphatic heterocycles. The van der Waals surface area contributed by atoms with E-state index in [2.05, 4.69) is 4.74 Å². The third-order valence-corrected chi connectivity index (χ3v) is 2.91. The van der Waals surface area contributed by atoms with E-state index in [0.29, 0.717) is 6.54 Å². The fourth-order valence-corrected chi connectivity index (χ4v) is 1.96. The van der Waals surface area contributed by atoms with Gasteiger partial charge in [0.1, 0.15) is 5.60 Å². The van der Waals surface area contributed by atoms with E-state index in [0.717, 1.165) is 25.9 Å². The first kappa shape index (κ1) is 15.0. The maximum Gasteiger partial charge on any atom is 0.319 e. The zero-order chi connectivity index (χ0) is 13.8. The Kier molecular flexibility index (Phi) is 5.14. The third kappa shape index (κ3) is 5.04. The van der Waals surface area contributed by atoms with E-state index in [-0.39, 0.29) is 17.9 Å². The predicted molar refractivity (Wildman–Crippen MR) is 67.0 cm³/mol. The number of hydrogen-bond donors (Lipinski definition) is 0. The molecule has 1 heterocycles. The summed E-state index contributed by atoms with van der Waals surface area (Å²) in [5, 5.41) is 0. The van der Waals surface area contributed by atoms with Crippen LogP contribution in [0.3, 0.4) is 0 Å². The van der Waals surface area contributed by atoms with Gasteiger partial charge in [-0.15, -0.1) is 0 Å². The van der Waals surface area contributed by atoms with Gasteiger partial charge in [0.15, 0.2) is 0 Å². The Morgan fingerprint density at radius 3 is 2.22 bits per heavy atom. The molecule has 5 nitrogen and oxygen atoms in total. The summed E-state index contributed by atoms with van der Waals surface area (Å²) < 4.78 is 9.99.